The fraction of sp³-hybridized carbons (Fsp3) is 0.286. The molecule has 0 unspecified atom stereocenters. The summed E-state index contributed by atoms with van der Waals surface area (Å²) in [6.07, 6.45) is 3.73. The van der Waals surface area contributed by atoms with Crippen LogP contribution in [0, 0.1) is 3.70 Å². The van der Waals surface area contributed by atoms with E-state index >= 15 is 0 Å². The van der Waals surface area contributed by atoms with E-state index < -0.39 is 0 Å². The van der Waals surface area contributed by atoms with Gasteiger partial charge in [0.25, 0.3) is 0 Å². The molecule has 1 rings (SSSR count). The maximum atomic E-state index is 5.31. The molecule has 0 spiro atoms. The van der Waals surface area contributed by atoms with E-state index in [1.54, 1.807) is 18.0 Å². The van der Waals surface area contributed by atoms with Crippen LogP contribution < -0.4 is 4.74 Å². The first-order chi connectivity index (χ1) is 5.33. The molecule has 0 saturated carbocycles. The molecule has 2 nitrogen and oxygen atoms in total. The van der Waals surface area contributed by atoms with Crippen molar-refractivity contribution in [3.8, 4) is 5.75 Å². The Balaban J connectivity index is 2.52. The van der Waals surface area contributed by atoms with Gasteiger partial charge in [-0.25, -0.2) is 4.98 Å². The van der Waals surface area contributed by atoms with Gasteiger partial charge in [-0.05, 0) is 41.0 Å². The zero-order chi connectivity index (χ0) is 8.10. The molecule has 0 fully saturated rings. The molecule has 0 N–H and O–H groups in total. The molecule has 0 atom stereocenters. The first kappa shape index (κ1) is 9.12. The molecular formula is C7H8INOS. The van der Waals surface area contributed by atoms with Crippen molar-refractivity contribution in [2.45, 2.75) is 0 Å². The number of hydrogen-bond acceptors (Lipinski definition) is 3. The van der Waals surface area contributed by atoms with Crippen molar-refractivity contribution >= 4 is 34.4 Å². The molecule has 0 aliphatic carbocycles. The van der Waals surface area contributed by atoms with Crippen LogP contribution in [0.3, 0.4) is 0 Å². The van der Waals surface area contributed by atoms with Gasteiger partial charge < -0.3 is 4.74 Å². The summed E-state index contributed by atoms with van der Waals surface area (Å²) in [7, 11) is 0. The number of ether oxygens (including phenoxy) is 1. The van der Waals surface area contributed by atoms with E-state index in [2.05, 4.69) is 27.6 Å². The molecule has 0 saturated heterocycles. The van der Waals surface area contributed by atoms with Crippen LogP contribution in [0.4, 0.5) is 0 Å². The Bertz CT molecular complexity index is 214. The van der Waals surface area contributed by atoms with Gasteiger partial charge in [0.1, 0.15) is 15.4 Å². The summed E-state index contributed by atoms with van der Waals surface area (Å²) in [6.45, 7) is 0. The van der Waals surface area contributed by atoms with E-state index in [0.29, 0.717) is 5.94 Å². The van der Waals surface area contributed by atoms with Crippen LogP contribution in [-0.2, 0) is 0 Å². The van der Waals surface area contributed by atoms with Crippen molar-refractivity contribution in [3.05, 3.63) is 22.0 Å². The minimum absolute atomic E-state index is 0.683. The van der Waals surface area contributed by atoms with Crippen molar-refractivity contribution in [3.63, 3.8) is 0 Å². The van der Waals surface area contributed by atoms with E-state index in [9.17, 15) is 0 Å². The third-order valence-corrected chi connectivity index (χ3v) is 2.04. The van der Waals surface area contributed by atoms with Crippen molar-refractivity contribution in [2.75, 3.05) is 12.2 Å². The Morgan fingerprint density at radius 3 is 3.00 bits per heavy atom. The Morgan fingerprint density at radius 2 is 2.45 bits per heavy atom. The summed E-state index contributed by atoms with van der Waals surface area (Å²) in [6, 6.07) is 3.85. The standard InChI is InChI=1S/C7H8INOS/c1-11-5-10-6-2-3-7(8)9-4-6/h2-4H,5H2,1H3. The molecule has 0 aliphatic rings. The molecule has 0 amide bonds. The van der Waals surface area contributed by atoms with E-state index in [0.717, 1.165) is 9.45 Å². The van der Waals surface area contributed by atoms with Gasteiger partial charge in [0.15, 0.2) is 0 Å². The summed E-state index contributed by atoms with van der Waals surface area (Å²) in [5.41, 5.74) is 0. The van der Waals surface area contributed by atoms with Crippen LogP contribution in [0.2, 0.25) is 0 Å². The molecule has 60 valence electrons. The van der Waals surface area contributed by atoms with Gasteiger partial charge in [0.2, 0.25) is 0 Å². The number of rotatable bonds is 3. The normalized spacial score (nSPS) is 9.64. The van der Waals surface area contributed by atoms with E-state index in [-0.39, 0.29) is 0 Å². The van der Waals surface area contributed by atoms with Gasteiger partial charge in [-0.3, -0.25) is 0 Å². The minimum Gasteiger partial charge on any atom is -0.481 e. The summed E-state index contributed by atoms with van der Waals surface area (Å²) in [4.78, 5) is 4.08. The molecule has 0 bridgehead atoms. The third-order valence-electron chi connectivity index (χ3n) is 1.04. The average Bonchev–Trinajstić information content (AvgIpc) is 2.04. The second kappa shape index (κ2) is 4.82. The molecular weight excluding hydrogens is 273 g/mol. The van der Waals surface area contributed by atoms with Crippen LogP contribution in [0.5, 0.6) is 5.75 Å². The Kier molecular flexibility index (Phi) is 3.99. The topological polar surface area (TPSA) is 22.1 Å². The van der Waals surface area contributed by atoms with Crippen LogP contribution in [-0.4, -0.2) is 17.2 Å². The number of pyridine rings is 1. The quantitative estimate of drug-likeness (QED) is 0.482. The Labute approximate surface area is 83.9 Å². The first-order valence-corrected chi connectivity index (χ1v) is 5.53. The minimum atomic E-state index is 0.683. The van der Waals surface area contributed by atoms with Gasteiger partial charge in [-0.2, -0.15) is 0 Å². The summed E-state index contributed by atoms with van der Waals surface area (Å²) in [5, 5.41) is 0. The van der Waals surface area contributed by atoms with Crippen molar-refractivity contribution < 1.29 is 4.74 Å². The van der Waals surface area contributed by atoms with Crippen LogP contribution >= 0.6 is 34.4 Å². The first-order valence-electron chi connectivity index (χ1n) is 3.06. The summed E-state index contributed by atoms with van der Waals surface area (Å²) >= 11 is 3.81. The fourth-order valence-electron chi connectivity index (χ4n) is 0.575. The lowest BCUT2D eigenvalue weighted by molar-refractivity contribution is 0.391. The van der Waals surface area contributed by atoms with Crippen molar-refractivity contribution in [1.82, 2.24) is 4.98 Å². The molecule has 0 aromatic carbocycles. The predicted molar refractivity (Wildman–Crippen MR) is 56.0 cm³/mol. The predicted octanol–water partition coefficient (Wildman–Crippen LogP) is 2.39. The second-order valence-corrected chi connectivity index (χ2v) is 3.79. The van der Waals surface area contributed by atoms with Crippen molar-refractivity contribution in [2.24, 2.45) is 0 Å². The maximum Gasteiger partial charge on any atom is 0.138 e. The highest BCUT2D eigenvalue weighted by Gasteiger charge is 1.91. The second-order valence-electron chi connectivity index (χ2n) is 1.87. The van der Waals surface area contributed by atoms with Gasteiger partial charge in [0, 0.05) is 0 Å². The monoisotopic (exact) mass is 281 g/mol. The molecule has 4 heteroatoms. The fourth-order valence-corrected chi connectivity index (χ4v) is 1.15. The molecule has 0 radical (unpaired) electrons. The molecule has 1 heterocycles. The Hall–Kier alpha value is 0.0300. The SMILES string of the molecule is CSCOc1ccc(I)nc1. The van der Waals surface area contributed by atoms with Gasteiger partial charge in [-0.15, -0.1) is 11.8 Å². The zero-order valence-corrected chi connectivity index (χ0v) is 9.05. The molecule has 11 heavy (non-hydrogen) atoms. The lowest BCUT2D eigenvalue weighted by Gasteiger charge is -2.01. The highest BCUT2D eigenvalue weighted by molar-refractivity contribution is 14.1. The van der Waals surface area contributed by atoms with E-state index in [4.69, 9.17) is 4.74 Å². The number of aromatic nitrogens is 1. The maximum absolute atomic E-state index is 5.31. The third kappa shape index (κ3) is 3.29. The molecule has 0 aliphatic heterocycles. The van der Waals surface area contributed by atoms with Crippen LogP contribution in [0.1, 0.15) is 0 Å². The average molecular weight is 281 g/mol. The highest BCUT2D eigenvalue weighted by Crippen LogP contribution is 2.11. The van der Waals surface area contributed by atoms with Crippen molar-refractivity contribution in [1.29, 1.82) is 0 Å². The van der Waals surface area contributed by atoms with Gasteiger partial charge in [0.05, 0.1) is 6.20 Å². The van der Waals surface area contributed by atoms with Crippen LogP contribution in [0.15, 0.2) is 18.3 Å². The van der Waals surface area contributed by atoms with Crippen LogP contribution in [0.25, 0.3) is 0 Å². The van der Waals surface area contributed by atoms with Gasteiger partial charge in [-0.1, -0.05) is 0 Å². The van der Waals surface area contributed by atoms with E-state index in [1.807, 2.05) is 18.4 Å². The molecule has 1 aromatic heterocycles. The molecule has 1 aromatic rings. The number of hydrogen-bond donors (Lipinski definition) is 0. The summed E-state index contributed by atoms with van der Waals surface area (Å²) < 4.78 is 6.29. The zero-order valence-electron chi connectivity index (χ0n) is 6.08. The summed E-state index contributed by atoms with van der Waals surface area (Å²) in [5.74, 6) is 1.52. The smallest absolute Gasteiger partial charge is 0.138 e. The number of thioether (sulfide) groups is 1. The Morgan fingerprint density at radius 1 is 1.64 bits per heavy atom. The highest BCUT2D eigenvalue weighted by atomic mass is 127. The van der Waals surface area contributed by atoms with Gasteiger partial charge >= 0.3 is 0 Å². The lowest BCUT2D eigenvalue weighted by Crippen LogP contribution is -1.92. The largest absolute Gasteiger partial charge is 0.481 e. The number of nitrogens with zero attached hydrogens (tertiary/aromatic N) is 1. The lowest BCUT2D eigenvalue weighted by atomic mass is 10.5. The van der Waals surface area contributed by atoms with E-state index in [1.165, 1.54) is 0 Å². The number of halogens is 1.